The minimum absolute atomic E-state index is 0.0306. The lowest BCUT2D eigenvalue weighted by Crippen LogP contribution is -2.58. The van der Waals surface area contributed by atoms with Crippen molar-refractivity contribution in [1.82, 2.24) is 10.2 Å². The highest BCUT2D eigenvalue weighted by Crippen LogP contribution is 2.36. The summed E-state index contributed by atoms with van der Waals surface area (Å²) in [6.07, 6.45) is 5.84. The fraction of sp³-hybridized carbons (Fsp3) is 0.941. The minimum Gasteiger partial charge on any atom is -0.355 e. The summed E-state index contributed by atoms with van der Waals surface area (Å²) < 4.78 is 0. The summed E-state index contributed by atoms with van der Waals surface area (Å²) >= 11 is 0. The van der Waals surface area contributed by atoms with Gasteiger partial charge in [-0.2, -0.15) is 0 Å². The van der Waals surface area contributed by atoms with Crippen LogP contribution in [0.2, 0.25) is 0 Å². The highest BCUT2D eigenvalue weighted by Gasteiger charge is 2.39. The monoisotopic (exact) mass is 297 g/mol. The zero-order valence-electron chi connectivity index (χ0n) is 14.5. The molecule has 1 saturated carbocycles. The van der Waals surface area contributed by atoms with Gasteiger partial charge in [-0.05, 0) is 37.6 Å². The molecule has 0 aliphatic heterocycles. The lowest BCUT2D eigenvalue weighted by molar-refractivity contribution is -0.124. The Morgan fingerprint density at radius 1 is 1.48 bits per heavy atom. The molecule has 124 valence electrons. The lowest BCUT2D eigenvalue weighted by atomic mass is 9.75. The third-order valence-electron chi connectivity index (χ3n) is 4.65. The Bertz CT molecular complexity index is 319. The van der Waals surface area contributed by atoms with Gasteiger partial charge in [0.05, 0.1) is 6.54 Å². The minimum atomic E-state index is 0.0306. The maximum atomic E-state index is 12.2. The van der Waals surface area contributed by atoms with Crippen molar-refractivity contribution in [3.8, 4) is 0 Å². The highest BCUT2D eigenvalue weighted by atomic mass is 16.2. The van der Waals surface area contributed by atoms with Crippen molar-refractivity contribution in [3.63, 3.8) is 0 Å². The Balaban J connectivity index is 2.71. The van der Waals surface area contributed by atoms with Crippen LogP contribution in [0, 0.1) is 11.8 Å². The van der Waals surface area contributed by atoms with Crippen molar-refractivity contribution in [1.29, 1.82) is 0 Å². The molecule has 0 radical (unpaired) electrons. The number of nitrogens with two attached hydrogens (primary N) is 1. The zero-order valence-corrected chi connectivity index (χ0v) is 14.5. The highest BCUT2D eigenvalue weighted by molar-refractivity contribution is 5.78. The van der Waals surface area contributed by atoms with E-state index in [1.807, 2.05) is 0 Å². The number of amides is 1. The van der Waals surface area contributed by atoms with E-state index < -0.39 is 0 Å². The maximum Gasteiger partial charge on any atom is 0.234 e. The van der Waals surface area contributed by atoms with Gasteiger partial charge in [-0.1, -0.05) is 40.5 Å². The maximum absolute atomic E-state index is 12.2. The fourth-order valence-electron chi connectivity index (χ4n) is 3.54. The van der Waals surface area contributed by atoms with E-state index in [4.69, 9.17) is 5.73 Å². The second-order valence-electron chi connectivity index (χ2n) is 7.25. The molecule has 0 aromatic rings. The van der Waals surface area contributed by atoms with Gasteiger partial charge >= 0.3 is 0 Å². The molecular weight excluding hydrogens is 262 g/mol. The molecule has 0 bridgehead atoms. The predicted octanol–water partition coefficient (Wildman–Crippen LogP) is 2.38. The summed E-state index contributed by atoms with van der Waals surface area (Å²) in [5, 5.41) is 3.04. The van der Waals surface area contributed by atoms with E-state index in [9.17, 15) is 4.79 Å². The Hall–Kier alpha value is -0.610. The number of nitrogens with zero attached hydrogens (tertiary/aromatic N) is 1. The van der Waals surface area contributed by atoms with Crippen molar-refractivity contribution in [2.24, 2.45) is 17.6 Å². The summed E-state index contributed by atoms with van der Waals surface area (Å²) in [6.45, 7) is 11.6. The molecule has 0 aromatic heterocycles. The molecule has 1 rings (SSSR count). The Kier molecular flexibility index (Phi) is 7.67. The fourth-order valence-corrected chi connectivity index (χ4v) is 3.54. The number of rotatable bonds is 8. The van der Waals surface area contributed by atoms with Gasteiger partial charge in [-0.15, -0.1) is 0 Å². The van der Waals surface area contributed by atoms with E-state index in [0.29, 0.717) is 24.9 Å². The smallest absolute Gasteiger partial charge is 0.234 e. The van der Waals surface area contributed by atoms with Gasteiger partial charge in [0.1, 0.15) is 0 Å². The molecule has 1 aliphatic rings. The van der Waals surface area contributed by atoms with E-state index in [0.717, 1.165) is 32.4 Å². The normalized spacial score (nSPS) is 26.3. The molecule has 1 fully saturated rings. The molecular formula is C17H35N3O. The van der Waals surface area contributed by atoms with Gasteiger partial charge in [-0.25, -0.2) is 0 Å². The second kappa shape index (κ2) is 8.74. The van der Waals surface area contributed by atoms with Crippen LogP contribution >= 0.6 is 0 Å². The number of carbonyl (C=O) groups excluding carboxylic acids is 1. The van der Waals surface area contributed by atoms with Crippen molar-refractivity contribution in [2.75, 3.05) is 26.2 Å². The summed E-state index contributed by atoms with van der Waals surface area (Å²) in [5.74, 6) is 1.34. The van der Waals surface area contributed by atoms with Crippen LogP contribution in [0.5, 0.6) is 0 Å². The Morgan fingerprint density at radius 2 is 2.19 bits per heavy atom. The third-order valence-corrected chi connectivity index (χ3v) is 4.65. The standard InChI is InChI=1S/C17H35N3O/c1-5-9-20(12-16(21)19-11-14(2)3)17(13-18)8-6-7-15(4)10-17/h14-15H,5-13,18H2,1-4H3,(H,19,21). The molecule has 4 nitrogen and oxygen atoms in total. The van der Waals surface area contributed by atoms with E-state index in [-0.39, 0.29) is 11.4 Å². The number of hydrogen-bond donors (Lipinski definition) is 2. The number of hydrogen-bond acceptors (Lipinski definition) is 3. The molecule has 2 unspecified atom stereocenters. The molecule has 2 atom stereocenters. The summed E-state index contributed by atoms with van der Waals surface area (Å²) in [7, 11) is 0. The Morgan fingerprint density at radius 3 is 2.71 bits per heavy atom. The first-order valence-electron chi connectivity index (χ1n) is 8.65. The van der Waals surface area contributed by atoms with Gasteiger partial charge in [0.25, 0.3) is 0 Å². The average Bonchev–Trinajstić information content (AvgIpc) is 2.44. The van der Waals surface area contributed by atoms with Gasteiger partial charge in [-0.3, -0.25) is 9.69 Å². The summed E-state index contributed by atoms with van der Waals surface area (Å²) in [6, 6.07) is 0. The summed E-state index contributed by atoms with van der Waals surface area (Å²) in [4.78, 5) is 14.6. The topological polar surface area (TPSA) is 58.4 Å². The van der Waals surface area contributed by atoms with E-state index in [2.05, 4.69) is 37.9 Å². The Labute approximate surface area is 130 Å². The molecule has 0 spiro atoms. The van der Waals surface area contributed by atoms with Gasteiger partial charge in [0, 0.05) is 18.6 Å². The molecule has 4 heteroatoms. The lowest BCUT2D eigenvalue weighted by Gasteiger charge is -2.47. The SMILES string of the molecule is CCCN(CC(=O)NCC(C)C)C1(CN)CCCC(C)C1. The first kappa shape index (κ1) is 18.4. The van der Waals surface area contributed by atoms with Crippen LogP contribution in [-0.4, -0.2) is 42.5 Å². The number of carbonyl (C=O) groups is 1. The zero-order chi connectivity index (χ0) is 15.9. The molecule has 1 aliphatic carbocycles. The van der Waals surface area contributed by atoms with Gasteiger partial charge in [0.15, 0.2) is 0 Å². The largest absolute Gasteiger partial charge is 0.355 e. The van der Waals surface area contributed by atoms with Crippen LogP contribution in [0.15, 0.2) is 0 Å². The van der Waals surface area contributed by atoms with Gasteiger partial charge < -0.3 is 11.1 Å². The van der Waals surface area contributed by atoms with Crippen LogP contribution < -0.4 is 11.1 Å². The van der Waals surface area contributed by atoms with Crippen LogP contribution in [0.25, 0.3) is 0 Å². The average molecular weight is 297 g/mol. The van der Waals surface area contributed by atoms with Crippen molar-refractivity contribution in [3.05, 3.63) is 0 Å². The molecule has 0 heterocycles. The quantitative estimate of drug-likeness (QED) is 0.723. The predicted molar refractivity (Wildman–Crippen MR) is 89.1 cm³/mol. The van der Waals surface area contributed by atoms with E-state index in [1.54, 1.807) is 0 Å². The van der Waals surface area contributed by atoms with Crippen molar-refractivity contribution >= 4 is 5.91 Å². The van der Waals surface area contributed by atoms with Crippen LogP contribution in [0.3, 0.4) is 0 Å². The van der Waals surface area contributed by atoms with Gasteiger partial charge in [0.2, 0.25) is 5.91 Å². The molecule has 3 N–H and O–H groups in total. The molecule has 21 heavy (non-hydrogen) atoms. The third kappa shape index (κ3) is 5.59. The first-order valence-corrected chi connectivity index (χ1v) is 8.65. The summed E-state index contributed by atoms with van der Waals surface area (Å²) in [5.41, 5.74) is 6.19. The molecule has 1 amide bonds. The van der Waals surface area contributed by atoms with E-state index >= 15 is 0 Å². The van der Waals surface area contributed by atoms with Crippen LogP contribution in [0.4, 0.5) is 0 Å². The van der Waals surface area contributed by atoms with Crippen LogP contribution in [-0.2, 0) is 4.79 Å². The van der Waals surface area contributed by atoms with Crippen molar-refractivity contribution in [2.45, 2.75) is 65.3 Å². The van der Waals surface area contributed by atoms with Crippen molar-refractivity contribution < 1.29 is 4.79 Å². The first-order chi connectivity index (χ1) is 9.93. The molecule has 0 aromatic carbocycles. The number of nitrogens with one attached hydrogen (secondary N) is 1. The van der Waals surface area contributed by atoms with Crippen LogP contribution in [0.1, 0.15) is 59.8 Å². The molecule has 0 saturated heterocycles. The van der Waals surface area contributed by atoms with E-state index in [1.165, 1.54) is 12.8 Å². The second-order valence-corrected chi connectivity index (χ2v) is 7.25.